The number of hydrogen-bond donors (Lipinski definition) is 0. The highest BCUT2D eigenvalue weighted by Gasteiger charge is 2.19. The standard InChI is InChI=1S/C43H25N3S2/c1-5-15-35-29(10-1)32-24-26(20-22-37(32)46(35)43-44-34-14-4-8-19-41(34)48-43)28-13-9-17-38-42(28)31-12-2-6-16-36(31)45(38)27-21-23-40-33(25-27)30-11-3-7-18-39(30)47-40/h1-25H. The first-order chi connectivity index (χ1) is 23.8. The minimum atomic E-state index is 0.996. The van der Waals surface area contributed by atoms with Gasteiger partial charge < -0.3 is 4.57 Å². The predicted octanol–water partition coefficient (Wildman–Crippen LogP) is 12.5. The molecule has 3 nitrogen and oxygen atoms in total. The second kappa shape index (κ2) is 9.88. The summed E-state index contributed by atoms with van der Waals surface area (Å²) in [5.74, 6) is 0. The number of hydrogen-bond acceptors (Lipinski definition) is 3. The van der Waals surface area contributed by atoms with Gasteiger partial charge in [0.25, 0.3) is 0 Å². The Morgan fingerprint density at radius 3 is 1.98 bits per heavy atom. The Morgan fingerprint density at radius 2 is 1.10 bits per heavy atom. The van der Waals surface area contributed by atoms with Gasteiger partial charge >= 0.3 is 0 Å². The van der Waals surface area contributed by atoms with E-state index in [0.29, 0.717) is 0 Å². The van der Waals surface area contributed by atoms with Crippen LogP contribution < -0.4 is 0 Å². The molecule has 0 aliphatic heterocycles. The minimum Gasteiger partial charge on any atom is -0.309 e. The molecule has 0 unspecified atom stereocenters. The highest BCUT2D eigenvalue weighted by atomic mass is 32.1. The number of para-hydroxylation sites is 3. The van der Waals surface area contributed by atoms with Gasteiger partial charge in [0.2, 0.25) is 0 Å². The number of benzene rings is 7. The number of aromatic nitrogens is 3. The van der Waals surface area contributed by atoms with E-state index in [1.165, 1.54) is 85.3 Å². The van der Waals surface area contributed by atoms with Gasteiger partial charge in [-0.05, 0) is 77.9 Å². The third kappa shape index (κ3) is 3.66. The first-order valence-electron chi connectivity index (χ1n) is 16.1. The number of fused-ring (bicyclic) bond motifs is 10. The van der Waals surface area contributed by atoms with Crippen molar-refractivity contribution in [2.75, 3.05) is 0 Å². The second-order valence-electron chi connectivity index (χ2n) is 12.4. The second-order valence-corrected chi connectivity index (χ2v) is 14.5. The van der Waals surface area contributed by atoms with Crippen molar-refractivity contribution in [1.29, 1.82) is 0 Å². The molecular weight excluding hydrogens is 623 g/mol. The van der Waals surface area contributed by atoms with Crippen LogP contribution in [0.25, 0.3) is 95.9 Å². The fourth-order valence-electron chi connectivity index (χ4n) is 7.69. The van der Waals surface area contributed by atoms with E-state index in [-0.39, 0.29) is 0 Å². The van der Waals surface area contributed by atoms with Crippen molar-refractivity contribution in [3.63, 3.8) is 0 Å². The Labute approximate surface area is 283 Å². The minimum absolute atomic E-state index is 0.996. The van der Waals surface area contributed by atoms with Gasteiger partial charge in [-0.15, -0.1) is 11.3 Å². The average molecular weight is 648 g/mol. The molecule has 0 bridgehead atoms. The summed E-state index contributed by atoms with van der Waals surface area (Å²) in [6.45, 7) is 0. The molecule has 0 spiro atoms. The molecular formula is C43H25N3S2. The van der Waals surface area contributed by atoms with Crippen molar-refractivity contribution in [2.24, 2.45) is 0 Å². The normalized spacial score (nSPS) is 12.2. The van der Waals surface area contributed by atoms with Crippen LogP contribution in [-0.4, -0.2) is 14.1 Å². The third-order valence-electron chi connectivity index (χ3n) is 9.77. The molecule has 0 aliphatic carbocycles. The summed E-state index contributed by atoms with van der Waals surface area (Å²) in [5.41, 5.74) is 9.45. The Hall–Kier alpha value is -5.75. The summed E-state index contributed by atoms with van der Waals surface area (Å²) < 4.78 is 8.62. The van der Waals surface area contributed by atoms with Crippen LogP contribution in [0.15, 0.2) is 152 Å². The van der Waals surface area contributed by atoms with Crippen molar-refractivity contribution in [3.8, 4) is 21.9 Å². The van der Waals surface area contributed by atoms with Crippen LogP contribution in [0.3, 0.4) is 0 Å². The van der Waals surface area contributed by atoms with Crippen LogP contribution in [0.2, 0.25) is 0 Å². The molecule has 48 heavy (non-hydrogen) atoms. The van der Waals surface area contributed by atoms with E-state index in [1.807, 2.05) is 11.3 Å². The molecule has 0 fully saturated rings. The molecule has 7 aromatic carbocycles. The number of rotatable bonds is 3. The topological polar surface area (TPSA) is 22.8 Å². The molecule has 5 heteroatoms. The van der Waals surface area contributed by atoms with Crippen molar-refractivity contribution in [3.05, 3.63) is 152 Å². The van der Waals surface area contributed by atoms with Gasteiger partial charge in [0.15, 0.2) is 5.13 Å². The highest BCUT2D eigenvalue weighted by molar-refractivity contribution is 7.25. The predicted molar refractivity (Wildman–Crippen MR) is 207 cm³/mol. The first kappa shape index (κ1) is 26.3. The Morgan fingerprint density at radius 1 is 0.417 bits per heavy atom. The zero-order valence-corrected chi connectivity index (χ0v) is 27.2. The fraction of sp³-hybridized carbons (Fsp3) is 0. The molecule has 11 aromatic rings. The molecule has 0 atom stereocenters. The smallest absolute Gasteiger partial charge is 0.195 e. The van der Waals surface area contributed by atoms with E-state index in [0.717, 1.165) is 10.6 Å². The van der Waals surface area contributed by atoms with E-state index in [2.05, 4.69) is 161 Å². The summed E-state index contributed by atoms with van der Waals surface area (Å²) in [4.78, 5) is 5.05. The van der Waals surface area contributed by atoms with E-state index in [1.54, 1.807) is 11.3 Å². The number of thiophene rings is 1. The fourth-order valence-corrected chi connectivity index (χ4v) is 9.77. The molecule has 0 saturated carbocycles. The SMILES string of the molecule is c1ccc2sc(-n3c4ccccc4c4cc(-c5cccc6c5c5ccccc5n6-c5ccc6sc7ccccc7c6c5)ccc43)nc2c1. The molecule has 4 aromatic heterocycles. The quantitative estimate of drug-likeness (QED) is 0.187. The van der Waals surface area contributed by atoms with Crippen LogP contribution >= 0.6 is 22.7 Å². The molecule has 224 valence electrons. The molecule has 11 rings (SSSR count). The zero-order valence-electron chi connectivity index (χ0n) is 25.6. The van der Waals surface area contributed by atoms with Gasteiger partial charge in [-0.3, -0.25) is 4.57 Å². The van der Waals surface area contributed by atoms with Crippen molar-refractivity contribution < 1.29 is 0 Å². The van der Waals surface area contributed by atoms with Crippen LogP contribution in [0.1, 0.15) is 0 Å². The molecule has 0 radical (unpaired) electrons. The van der Waals surface area contributed by atoms with Gasteiger partial charge in [-0.1, -0.05) is 96.3 Å². The summed E-state index contributed by atoms with van der Waals surface area (Å²) >= 11 is 3.60. The van der Waals surface area contributed by atoms with Crippen LogP contribution in [0, 0.1) is 0 Å². The van der Waals surface area contributed by atoms with E-state index < -0.39 is 0 Å². The molecule has 0 amide bonds. The highest BCUT2D eigenvalue weighted by Crippen LogP contribution is 2.42. The first-order valence-corrected chi connectivity index (χ1v) is 17.8. The lowest BCUT2D eigenvalue weighted by Gasteiger charge is -2.10. The third-order valence-corrected chi connectivity index (χ3v) is 11.9. The lowest BCUT2D eigenvalue weighted by atomic mass is 9.98. The largest absolute Gasteiger partial charge is 0.309 e. The number of thiazole rings is 1. The van der Waals surface area contributed by atoms with Crippen LogP contribution in [0.5, 0.6) is 0 Å². The van der Waals surface area contributed by atoms with Gasteiger partial charge in [-0.25, -0.2) is 4.98 Å². The number of nitrogens with zero attached hydrogens (tertiary/aromatic N) is 3. The maximum Gasteiger partial charge on any atom is 0.195 e. The van der Waals surface area contributed by atoms with Crippen LogP contribution in [0.4, 0.5) is 0 Å². The zero-order chi connectivity index (χ0) is 31.3. The summed E-state index contributed by atoms with van der Waals surface area (Å²) in [6.07, 6.45) is 0. The summed E-state index contributed by atoms with van der Waals surface area (Å²) in [5, 5.41) is 8.63. The Balaban J connectivity index is 1.16. The molecule has 0 aliphatic rings. The maximum atomic E-state index is 5.05. The van der Waals surface area contributed by atoms with Gasteiger partial charge in [0.1, 0.15) is 0 Å². The van der Waals surface area contributed by atoms with Crippen molar-refractivity contribution in [2.45, 2.75) is 0 Å². The van der Waals surface area contributed by atoms with E-state index in [4.69, 9.17) is 4.98 Å². The molecule has 4 heterocycles. The van der Waals surface area contributed by atoms with Crippen molar-refractivity contribution in [1.82, 2.24) is 14.1 Å². The Kier molecular flexibility index (Phi) is 5.42. The maximum absolute atomic E-state index is 5.05. The van der Waals surface area contributed by atoms with Gasteiger partial charge in [0, 0.05) is 47.4 Å². The lowest BCUT2D eigenvalue weighted by molar-refractivity contribution is 1.15. The van der Waals surface area contributed by atoms with Crippen LogP contribution in [-0.2, 0) is 0 Å². The Bertz CT molecular complexity index is 3050. The van der Waals surface area contributed by atoms with E-state index >= 15 is 0 Å². The molecule has 0 saturated heterocycles. The monoisotopic (exact) mass is 647 g/mol. The summed E-state index contributed by atoms with van der Waals surface area (Å²) in [7, 11) is 0. The lowest BCUT2D eigenvalue weighted by Crippen LogP contribution is -1.93. The molecule has 0 N–H and O–H groups in total. The van der Waals surface area contributed by atoms with Gasteiger partial charge in [-0.2, -0.15) is 0 Å². The van der Waals surface area contributed by atoms with Gasteiger partial charge in [0.05, 0.1) is 32.3 Å². The average Bonchev–Trinajstić information content (AvgIpc) is 3.90. The summed E-state index contributed by atoms with van der Waals surface area (Å²) in [6, 6.07) is 55.3. The van der Waals surface area contributed by atoms with E-state index in [9.17, 15) is 0 Å². The van der Waals surface area contributed by atoms with Crippen molar-refractivity contribution >= 4 is 96.7 Å².